The average Bonchev–Trinajstić information content (AvgIpc) is 2.44. The molecule has 1 aromatic carbocycles. The van der Waals surface area contributed by atoms with E-state index < -0.39 is 4.92 Å². The third kappa shape index (κ3) is 3.32. The minimum Gasteiger partial charge on any atom is -0.490 e. The lowest BCUT2D eigenvalue weighted by atomic mass is 9.91. The van der Waals surface area contributed by atoms with E-state index in [1.165, 1.54) is 19.2 Å². The van der Waals surface area contributed by atoms with E-state index in [1.54, 1.807) is 11.0 Å². The van der Waals surface area contributed by atoms with Gasteiger partial charge in [0.2, 0.25) is 0 Å². The molecule has 0 aliphatic carbocycles. The van der Waals surface area contributed by atoms with Crippen LogP contribution in [0.3, 0.4) is 0 Å². The second-order valence-electron chi connectivity index (χ2n) is 5.80. The number of likely N-dealkylation sites (tertiary alicyclic amines) is 1. The smallest absolute Gasteiger partial charge is 0.311 e. The Hall–Kier alpha value is -2.11. The summed E-state index contributed by atoms with van der Waals surface area (Å²) in [5, 5.41) is 11.0. The van der Waals surface area contributed by atoms with Crippen molar-refractivity contribution >= 4 is 11.6 Å². The summed E-state index contributed by atoms with van der Waals surface area (Å²) in [6, 6.07) is 4.35. The van der Waals surface area contributed by atoms with Crippen molar-refractivity contribution in [3.8, 4) is 5.75 Å². The molecule has 2 atom stereocenters. The number of nitro benzene ring substituents is 1. The summed E-state index contributed by atoms with van der Waals surface area (Å²) in [5.41, 5.74) is 0.158. The third-order valence-electron chi connectivity index (χ3n) is 3.78. The van der Waals surface area contributed by atoms with Crippen molar-refractivity contribution in [3.05, 3.63) is 33.9 Å². The highest BCUT2D eigenvalue weighted by molar-refractivity contribution is 5.95. The van der Waals surface area contributed by atoms with Crippen LogP contribution >= 0.6 is 0 Å². The van der Waals surface area contributed by atoms with E-state index >= 15 is 0 Å². The number of hydrogen-bond donors (Lipinski definition) is 0. The first-order valence-electron chi connectivity index (χ1n) is 7.04. The monoisotopic (exact) mass is 292 g/mol. The minimum atomic E-state index is -0.531. The van der Waals surface area contributed by atoms with Crippen LogP contribution in [0.5, 0.6) is 5.75 Å². The summed E-state index contributed by atoms with van der Waals surface area (Å²) in [7, 11) is 1.37. The van der Waals surface area contributed by atoms with Crippen molar-refractivity contribution in [1.29, 1.82) is 0 Å². The Morgan fingerprint density at radius 3 is 2.48 bits per heavy atom. The molecule has 21 heavy (non-hydrogen) atoms. The van der Waals surface area contributed by atoms with Gasteiger partial charge in [0.25, 0.3) is 5.91 Å². The van der Waals surface area contributed by atoms with Crippen LogP contribution in [0.25, 0.3) is 0 Å². The van der Waals surface area contributed by atoms with E-state index in [4.69, 9.17) is 4.74 Å². The van der Waals surface area contributed by atoms with Crippen LogP contribution < -0.4 is 4.74 Å². The highest BCUT2D eigenvalue weighted by atomic mass is 16.6. The molecule has 1 aromatic rings. The maximum absolute atomic E-state index is 12.5. The maximum Gasteiger partial charge on any atom is 0.311 e. The first-order valence-corrected chi connectivity index (χ1v) is 7.04. The molecular formula is C15H20N2O4. The number of hydrogen-bond acceptors (Lipinski definition) is 4. The second-order valence-corrected chi connectivity index (χ2v) is 5.80. The molecule has 1 heterocycles. The van der Waals surface area contributed by atoms with Crippen molar-refractivity contribution in [2.75, 3.05) is 20.2 Å². The molecule has 1 aliphatic heterocycles. The molecule has 0 radical (unpaired) electrons. The Balaban J connectivity index is 2.27. The molecule has 1 fully saturated rings. The van der Waals surface area contributed by atoms with E-state index in [0.717, 1.165) is 6.42 Å². The molecule has 2 unspecified atom stereocenters. The maximum atomic E-state index is 12.5. The van der Waals surface area contributed by atoms with Crippen LogP contribution in [0.2, 0.25) is 0 Å². The highest BCUT2D eigenvalue weighted by Crippen LogP contribution is 2.29. The molecule has 1 saturated heterocycles. The van der Waals surface area contributed by atoms with Crippen LogP contribution in [-0.2, 0) is 0 Å². The second kappa shape index (κ2) is 6.11. The predicted molar refractivity (Wildman–Crippen MR) is 78.5 cm³/mol. The van der Waals surface area contributed by atoms with E-state index in [2.05, 4.69) is 13.8 Å². The van der Waals surface area contributed by atoms with Crippen molar-refractivity contribution in [3.63, 3.8) is 0 Å². The molecular weight excluding hydrogens is 272 g/mol. The minimum absolute atomic E-state index is 0.154. The number of benzene rings is 1. The molecule has 0 saturated carbocycles. The fourth-order valence-electron chi connectivity index (χ4n) is 2.98. The summed E-state index contributed by atoms with van der Waals surface area (Å²) in [6.07, 6.45) is 1.10. The Labute approximate surface area is 123 Å². The van der Waals surface area contributed by atoms with E-state index in [-0.39, 0.29) is 17.3 Å². The largest absolute Gasteiger partial charge is 0.490 e. The van der Waals surface area contributed by atoms with Crippen molar-refractivity contribution in [2.45, 2.75) is 20.3 Å². The third-order valence-corrected chi connectivity index (χ3v) is 3.78. The Morgan fingerprint density at radius 1 is 1.33 bits per heavy atom. The van der Waals surface area contributed by atoms with Crippen LogP contribution in [0.1, 0.15) is 30.6 Å². The molecule has 0 N–H and O–H groups in total. The van der Waals surface area contributed by atoms with Crippen molar-refractivity contribution in [2.24, 2.45) is 11.8 Å². The summed E-state index contributed by atoms with van der Waals surface area (Å²) < 4.78 is 4.95. The number of nitrogens with zero attached hydrogens (tertiary/aromatic N) is 2. The molecule has 6 heteroatoms. The standard InChI is InChI=1S/C15H20N2O4/c1-10-6-11(2)9-16(8-10)15(18)12-4-5-14(21-3)13(7-12)17(19)20/h4-5,7,10-11H,6,8-9H2,1-3H3. The number of nitro groups is 1. The Bertz CT molecular complexity index is 549. The zero-order valence-electron chi connectivity index (χ0n) is 12.5. The lowest BCUT2D eigenvalue weighted by Crippen LogP contribution is -2.42. The van der Waals surface area contributed by atoms with Gasteiger partial charge in [0, 0.05) is 24.7 Å². The van der Waals surface area contributed by atoms with Gasteiger partial charge in [-0.3, -0.25) is 14.9 Å². The van der Waals surface area contributed by atoms with Crippen LogP contribution in [0.15, 0.2) is 18.2 Å². The average molecular weight is 292 g/mol. The molecule has 0 aromatic heterocycles. The molecule has 2 rings (SSSR count). The zero-order chi connectivity index (χ0) is 15.6. The first-order chi connectivity index (χ1) is 9.92. The van der Waals surface area contributed by atoms with Crippen molar-refractivity contribution in [1.82, 2.24) is 4.90 Å². The van der Waals surface area contributed by atoms with Gasteiger partial charge >= 0.3 is 5.69 Å². The van der Waals surface area contributed by atoms with Gasteiger partial charge < -0.3 is 9.64 Å². The van der Waals surface area contributed by atoms with Crippen LogP contribution in [-0.4, -0.2) is 35.9 Å². The Morgan fingerprint density at radius 2 is 1.95 bits per heavy atom. The SMILES string of the molecule is COc1ccc(C(=O)N2CC(C)CC(C)C2)cc1[N+](=O)[O-]. The molecule has 114 valence electrons. The summed E-state index contributed by atoms with van der Waals surface area (Å²) >= 11 is 0. The lowest BCUT2D eigenvalue weighted by molar-refractivity contribution is -0.385. The number of piperidine rings is 1. The van der Waals surface area contributed by atoms with Crippen LogP contribution in [0, 0.1) is 22.0 Å². The van der Waals surface area contributed by atoms with Crippen molar-refractivity contribution < 1.29 is 14.5 Å². The van der Waals surface area contributed by atoms with Gasteiger partial charge in [0.05, 0.1) is 12.0 Å². The fourth-order valence-corrected chi connectivity index (χ4v) is 2.98. The van der Waals surface area contributed by atoms with E-state index in [9.17, 15) is 14.9 Å². The van der Waals surface area contributed by atoms with Gasteiger partial charge in [-0.25, -0.2) is 0 Å². The summed E-state index contributed by atoms with van der Waals surface area (Å²) in [4.78, 5) is 24.8. The molecule has 6 nitrogen and oxygen atoms in total. The highest BCUT2D eigenvalue weighted by Gasteiger charge is 2.27. The van der Waals surface area contributed by atoms with Gasteiger partial charge in [-0.1, -0.05) is 13.8 Å². The lowest BCUT2D eigenvalue weighted by Gasteiger charge is -2.35. The van der Waals surface area contributed by atoms with Gasteiger partial charge in [-0.2, -0.15) is 0 Å². The number of ether oxygens (including phenoxy) is 1. The van der Waals surface area contributed by atoms with Crippen LogP contribution in [0.4, 0.5) is 5.69 Å². The number of methoxy groups -OCH3 is 1. The molecule has 1 amide bonds. The molecule has 0 spiro atoms. The predicted octanol–water partition coefficient (Wildman–Crippen LogP) is 2.72. The normalized spacial score (nSPS) is 22.0. The van der Waals surface area contributed by atoms with E-state index in [0.29, 0.717) is 30.5 Å². The fraction of sp³-hybridized carbons (Fsp3) is 0.533. The van der Waals surface area contributed by atoms with Gasteiger partial charge in [0.15, 0.2) is 5.75 Å². The number of carbonyl (C=O) groups is 1. The van der Waals surface area contributed by atoms with Gasteiger partial charge in [0.1, 0.15) is 0 Å². The number of rotatable bonds is 3. The molecule has 0 bridgehead atoms. The number of amides is 1. The molecule has 1 aliphatic rings. The quantitative estimate of drug-likeness (QED) is 0.634. The van der Waals surface area contributed by atoms with Gasteiger partial charge in [-0.15, -0.1) is 0 Å². The number of carbonyl (C=O) groups excluding carboxylic acids is 1. The van der Waals surface area contributed by atoms with E-state index in [1.807, 2.05) is 0 Å². The zero-order valence-corrected chi connectivity index (χ0v) is 12.5. The Kier molecular flexibility index (Phi) is 4.45. The summed E-state index contributed by atoms with van der Waals surface area (Å²) in [6.45, 7) is 5.63. The van der Waals surface area contributed by atoms with Gasteiger partial charge in [-0.05, 0) is 30.4 Å². The summed E-state index contributed by atoms with van der Waals surface area (Å²) in [5.74, 6) is 0.910. The first kappa shape index (κ1) is 15.3. The topological polar surface area (TPSA) is 72.7 Å².